The van der Waals surface area contributed by atoms with Gasteiger partial charge >= 0.3 is 0 Å². The standard InChI is InChI=1S/C26H35BrN2O4/c1-7-22(25(31)28-8-2)29(16-18-9-12-20(32-6)13-10-18)24(30)17-33-23-14-11-19(15-21(23)27)26(3,4)5/h9-15,22H,7-8,16-17H2,1-6H3,(H,28,31). The van der Waals surface area contributed by atoms with Crippen LogP contribution in [0.15, 0.2) is 46.9 Å². The molecule has 0 radical (unpaired) electrons. The highest BCUT2D eigenvalue weighted by molar-refractivity contribution is 9.10. The molecule has 2 amide bonds. The molecule has 1 N–H and O–H groups in total. The van der Waals surface area contributed by atoms with Crippen molar-refractivity contribution in [3.8, 4) is 11.5 Å². The number of carbonyl (C=O) groups is 2. The maximum absolute atomic E-state index is 13.3. The molecule has 0 saturated heterocycles. The molecule has 2 aromatic rings. The van der Waals surface area contributed by atoms with Gasteiger partial charge in [0, 0.05) is 13.1 Å². The van der Waals surface area contributed by atoms with Gasteiger partial charge in [-0.3, -0.25) is 9.59 Å². The van der Waals surface area contributed by atoms with Gasteiger partial charge in [-0.25, -0.2) is 0 Å². The van der Waals surface area contributed by atoms with E-state index in [9.17, 15) is 9.59 Å². The SMILES string of the molecule is CCNC(=O)C(CC)N(Cc1ccc(OC)cc1)C(=O)COc1ccc(C(C)(C)C)cc1Br. The zero-order valence-corrected chi connectivity index (χ0v) is 22.0. The fraction of sp³-hybridized carbons (Fsp3) is 0.462. The van der Waals surface area contributed by atoms with Gasteiger partial charge in [0.2, 0.25) is 5.91 Å². The Morgan fingerprint density at radius 1 is 1.09 bits per heavy atom. The van der Waals surface area contributed by atoms with Crippen LogP contribution in [0.3, 0.4) is 0 Å². The Bertz CT molecular complexity index is 938. The Hall–Kier alpha value is -2.54. The molecule has 0 aliphatic rings. The highest BCUT2D eigenvalue weighted by atomic mass is 79.9. The Balaban J connectivity index is 2.22. The summed E-state index contributed by atoms with van der Waals surface area (Å²) in [6, 6.07) is 12.8. The third-order valence-electron chi connectivity index (χ3n) is 5.40. The summed E-state index contributed by atoms with van der Waals surface area (Å²) in [5.41, 5.74) is 2.08. The second-order valence-electron chi connectivity index (χ2n) is 8.87. The number of hydrogen-bond acceptors (Lipinski definition) is 4. The van der Waals surface area contributed by atoms with Crippen LogP contribution in [0.4, 0.5) is 0 Å². The molecule has 0 heterocycles. The highest BCUT2D eigenvalue weighted by Gasteiger charge is 2.29. The smallest absolute Gasteiger partial charge is 0.261 e. The molecule has 1 unspecified atom stereocenters. The summed E-state index contributed by atoms with van der Waals surface area (Å²) in [4.78, 5) is 27.6. The van der Waals surface area contributed by atoms with Gasteiger partial charge in [0.1, 0.15) is 17.5 Å². The Kier molecular flexibility index (Phi) is 9.77. The summed E-state index contributed by atoms with van der Waals surface area (Å²) in [6.45, 7) is 10.8. The van der Waals surface area contributed by atoms with Crippen molar-refractivity contribution in [3.05, 3.63) is 58.1 Å². The number of nitrogens with zero attached hydrogens (tertiary/aromatic N) is 1. The van der Waals surface area contributed by atoms with E-state index in [1.807, 2.05) is 56.3 Å². The van der Waals surface area contributed by atoms with Gasteiger partial charge < -0.3 is 19.7 Å². The van der Waals surface area contributed by atoms with E-state index in [4.69, 9.17) is 9.47 Å². The normalized spacial score (nSPS) is 12.1. The molecule has 0 bridgehead atoms. The van der Waals surface area contributed by atoms with Crippen LogP contribution in [-0.2, 0) is 21.5 Å². The molecule has 6 nitrogen and oxygen atoms in total. The van der Waals surface area contributed by atoms with E-state index in [2.05, 4.69) is 42.0 Å². The van der Waals surface area contributed by atoms with Crippen molar-refractivity contribution in [1.82, 2.24) is 10.2 Å². The second-order valence-corrected chi connectivity index (χ2v) is 9.73. The van der Waals surface area contributed by atoms with Crippen molar-refractivity contribution in [1.29, 1.82) is 0 Å². The van der Waals surface area contributed by atoms with E-state index in [1.165, 1.54) is 0 Å². The van der Waals surface area contributed by atoms with Crippen LogP contribution < -0.4 is 14.8 Å². The summed E-state index contributed by atoms with van der Waals surface area (Å²) in [6.07, 6.45) is 0.498. The molecule has 2 aromatic carbocycles. The third-order valence-corrected chi connectivity index (χ3v) is 6.02. The van der Waals surface area contributed by atoms with Crippen molar-refractivity contribution >= 4 is 27.7 Å². The number of likely N-dealkylation sites (N-methyl/N-ethyl adjacent to an activating group) is 1. The predicted molar refractivity (Wildman–Crippen MR) is 135 cm³/mol. The Morgan fingerprint density at radius 2 is 1.76 bits per heavy atom. The molecular weight excluding hydrogens is 484 g/mol. The van der Waals surface area contributed by atoms with Gasteiger partial charge in [-0.05, 0) is 70.1 Å². The quantitative estimate of drug-likeness (QED) is 0.476. The molecule has 33 heavy (non-hydrogen) atoms. The number of carbonyl (C=O) groups excluding carboxylic acids is 2. The van der Waals surface area contributed by atoms with Gasteiger partial charge in [0.15, 0.2) is 6.61 Å². The molecule has 1 atom stereocenters. The summed E-state index contributed by atoms with van der Waals surface area (Å²) in [5.74, 6) is 0.902. The zero-order valence-electron chi connectivity index (χ0n) is 20.4. The average Bonchev–Trinajstić information content (AvgIpc) is 2.77. The minimum absolute atomic E-state index is 0.00696. The van der Waals surface area contributed by atoms with Gasteiger partial charge in [-0.15, -0.1) is 0 Å². The monoisotopic (exact) mass is 518 g/mol. The van der Waals surface area contributed by atoms with Crippen LogP contribution in [0.5, 0.6) is 11.5 Å². The van der Waals surface area contributed by atoms with E-state index in [0.717, 1.165) is 21.3 Å². The average molecular weight is 519 g/mol. The number of ether oxygens (including phenoxy) is 2. The fourth-order valence-electron chi connectivity index (χ4n) is 3.45. The first-order chi connectivity index (χ1) is 15.6. The predicted octanol–water partition coefficient (Wildman–Crippen LogP) is 5.08. The first-order valence-electron chi connectivity index (χ1n) is 11.2. The molecule has 180 valence electrons. The third kappa shape index (κ3) is 7.49. The molecule has 0 fully saturated rings. The van der Waals surface area contributed by atoms with Crippen molar-refractivity contribution in [3.63, 3.8) is 0 Å². The molecule has 0 spiro atoms. The topological polar surface area (TPSA) is 67.9 Å². The molecule has 2 rings (SSSR count). The number of amides is 2. The van der Waals surface area contributed by atoms with Crippen LogP contribution in [0, 0.1) is 0 Å². The van der Waals surface area contributed by atoms with Crippen LogP contribution >= 0.6 is 15.9 Å². The fourth-order valence-corrected chi connectivity index (χ4v) is 3.94. The minimum atomic E-state index is -0.588. The molecule has 0 aromatic heterocycles. The lowest BCUT2D eigenvalue weighted by molar-refractivity contribution is -0.142. The largest absolute Gasteiger partial charge is 0.497 e. The maximum atomic E-state index is 13.3. The molecule has 0 aliphatic heterocycles. The van der Waals surface area contributed by atoms with Crippen molar-refractivity contribution in [2.45, 2.75) is 59.0 Å². The Morgan fingerprint density at radius 3 is 2.27 bits per heavy atom. The van der Waals surface area contributed by atoms with E-state index < -0.39 is 6.04 Å². The number of nitrogens with one attached hydrogen (secondary N) is 1. The van der Waals surface area contributed by atoms with Crippen LogP contribution in [0.25, 0.3) is 0 Å². The first kappa shape index (κ1) is 26.7. The number of halogens is 1. The van der Waals surface area contributed by atoms with Gasteiger partial charge in [0.05, 0.1) is 11.6 Å². The number of methoxy groups -OCH3 is 1. The lowest BCUT2D eigenvalue weighted by atomic mass is 9.87. The van der Waals surface area contributed by atoms with Crippen molar-refractivity contribution in [2.75, 3.05) is 20.3 Å². The molecular formula is C26H35BrN2O4. The van der Waals surface area contributed by atoms with Crippen LogP contribution in [0.2, 0.25) is 0 Å². The van der Waals surface area contributed by atoms with Crippen molar-refractivity contribution in [2.24, 2.45) is 0 Å². The second kappa shape index (κ2) is 12.1. The molecule has 7 heteroatoms. The molecule has 0 saturated carbocycles. The minimum Gasteiger partial charge on any atom is -0.497 e. The van der Waals surface area contributed by atoms with Gasteiger partial charge in [0.25, 0.3) is 5.91 Å². The van der Waals surface area contributed by atoms with E-state index >= 15 is 0 Å². The highest BCUT2D eigenvalue weighted by Crippen LogP contribution is 2.31. The van der Waals surface area contributed by atoms with E-state index in [0.29, 0.717) is 25.3 Å². The number of benzene rings is 2. The maximum Gasteiger partial charge on any atom is 0.261 e. The van der Waals surface area contributed by atoms with E-state index in [-0.39, 0.29) is 23.8 Å². The number of hydrogen-bond donors (Lipinski definition) is 1. The molecule has 0 aliphatic carbocycles. The lowest BCUT2D eigenvalue weighted by Gasteiger charge is -2.30. The number of rotatable bonds is 10. The van der Waals surface area contributed by atoms with Crippen LogP contribution in [0.1, 0.15) is 52.2 Å². The lowest BCUT2D eigenvalue weighted by Crippen LogP contribution is -2.50. The zero-order chi connectivity index (χ0) is 24.6. The summed E-state index contributed by atoms with van der Waals surface area (Å²) >= 11 is 3.55. The van der Waals surface area contributed by atoms with Crippen molar-refractivity contribution < 1.29 is 19.1 Å². The Labute approximate surface area is 205 Å². The van der Waals surface area contributed by atoms with Gasteiger partial charge in [-0.2, -0.15) is 0 Å². The van der Waals surface area contributed by atoms with Gasteiger partial charge in [-0.1, -0.05) is 45.9 Å². The van der Waals surface area contributed by atoms with Crippen LogP contribution in [-0.4, -0.2) is 43.0 Å². The summed E-state index contributed by atoms with van der Waals surface area (Å²) in [5, 5.41) is 2.84. The summed E-state index contributed by atoms with van der Waals surface area (Å²) < 4.78 is 11.9. The van der Waals surface area contributed by atoms with E-state index in [1.54, 1.807) is 12.0 Å². The first-order valence-corrected chi connectivity index (χ1v) is 12.0. The summed E-state index contributed by atoms with van der Waals surface area (Å²) in [7, 11) is 1.61.